The molecule has 2 heterocycles. The smallest absolute Gasteiger partial charge is 0.339 e. The fraction of sp³-hybridized carbons (Fsp3) is 0.625. The number of esters is 2. The highest BCUT2D eigenvalue weighted by Gasteiger charge is 2.53. The summed E-state index contributed by atoms with van der Waals surface area (Å²) in [6, 6.07) is -0.624. The molecule has 10 nitrogen and oxygen atoms in total. The number of ether oxygens (including phenoxy) is 2. The molecule has 1 saturated heterocycles. The molecule has 0 unspecified atom stereocenters. The van der Waals surface area contributed by atoms with Crippen LogP contribution in [0.4, 0.5) is 4.79 Å². The number of aromatic nitrogens is 1. The van der Waals surface area contributed by atoms with Gasteiger partial charge in [-0.05, 0) is 56.4 Å². The van der Waals surface area contributed by atoms with Crippen molar-refractivity contribution in [2.45, 2.75) is 65.8 Å². The summed E-state index contributed by atoms with van der Waals surface area (Å²) in [4.78, 5) is 66.0. The van der Waals surface area contributed by atoms with Gasteiger partial charge in [0.1, 0.15) is 12.1 Å². The van der Waals surface area contributed by atoms with Crippen LogP contribution in [0.3, 0.4) is 0 Å². The van der Waals surface area contributed by atoms with Gasteiger partial charge in [0.25, 0.3) is 5.91 Å². The van der Waals surface area contributed by atoms with E-state index in [2.05, 4.69) is 31.1 Å². The number of nitrogens with one attached hydrogen (secondary N) is 2. The second kappa shape index (κ2) is 9.23. The Morgan fingerprint density at radius 3 is 2.29 bits per heavy atom. The summed E-state index contributed by atoms with van der Waals surface area (Å²) in [5.74, 6) is -1.96. The fourth-order valence-corrected chi connectivity index (χ4v) is 4.97. The maximum atomic E-state index is 13.0. The zero-order valence-corrected chi connectivity index (χ0v) is 20.6. The average Bonchev–Trinajstić information content (AvgIpc) is 3.18. The summed E-state index contributed by atoms with van der Waals surface area (Å²) >= 11 is 0. The number of hydrogen-bond donors (Lipinski definition) is 2. The molecule has 0 aromatic carbocycles. The molecule has 1 aromatic rings. The van der Waals surface area contributed by atoms with Crippen LogP contribution in [0, 0.1) is 25.2 Å². The van der Waals surface area contributed by atoms with Gasteiger partial charge < -0.3 is 19.8 Å². The highest BCUT2D eigenvalue weighted by Crippen LogP contribution is 2.43. The Balaban J connectivity index is 1.59. The Kier molecular flexibility index (Phi) is 6.91. The topological polar surface area (TPSA) is 135 Å². The number of urea groups is 1. The summed E-state index contributed by atoms with van der Waals surface area (Å²) in [5.41, 5.74) is 0.394. The third kappa shape index (κ3) is 4.71. The molecule has 0 atom stereocenters. The van der Waals surface area contributed by atoms with Crippen LogP contribution in [0.15, 0.2) is 0 Å². The molecule has 10 heteroatoms. The molecule has 186 valence electrons. The Hall–Kier alpha value is -3.17. The van der Waals surface area contributed by atoms with Crippen molar-refractivity contribution in [2.24, 2.45) is 11.3 Å². The van der Waals surface area contributed by atoms with E-state index >= 15 is 0 Å². The number of carbonyl (C=O) groups is 5. The van der Waals surface area contributed by atoms with Gasteiger partial charge in [0.05, 0.1) is 18.4 Å². The zero-order chi connectivity index (χ0) is 25.4. The van der Waals surface area contributed by atoms with Crippen molar-refractivity contribution in [1.82, 2.24) is 15.2 Å². The first-order valence-corrected chi connectivity index (χ1v) is 11.4. The number of rotatable bonds is 6. The first-order chi connectivity index (χ1) is 15.8. The first-order valence-electron chi connectivity index (χ1n) is 11.4. The fourth-order valence-electron chi connectivity index (χ4n) is 4.97. The van der Waals surface area contributed by atoms with Gasteiger partial charge in [-0.25, -0.2) is 9.59 Å². The SMILES string of the molecule is COC(=O)c1c(C)[nH]c(C(=O)COC(=O)CN2C(=O)NC3(CCC(C(C)(C)C)CC3)C2=O)c1C. The number of aromatic amines is 1. The highest BCUT2D eigenvalue weighted by molar-refractivity contribution is 6.09. The lowest BCUT2D eigenvalue weighted by molar-refractivity contribution is -0.147. The number of methoxy groups -OCH3 is 1. The Morgan fingerprint density at radius 1 is 1.12 bits per heavy atom. The molecule has 3 amide bonds. The minimum absolute atomic E-state index is 0.122. The van der Waals surface area contributed by atoms with E-state index in [1.54, 1.807) is 13.8 Å². The van der Waals surface area contributed by atoms with E-state index in [9.17, 15) is 24.0 Å². The van der Waals surface area contributed by atoms with Crippen molar-refractivity contribution in [2.75, 3.05) is 20.3 Å². The number of carbonyl (C=O) groups excluding carboxylic acids is 5. The van der Waals surface area contributed by atoms with Gasteiger partial charge in [0, 0.05) is 5.69 Å². The summed E-state index contributed by atoms with van der Waals surface area (Å²) in [6.45, 7) is 8.55. The van der Waals surface area contributed by atoms with Crippen LogP contribution in [0.5, 0.6) is 0 Å². The van der Waals surface area contributed by atoms with Crippen molar-refractivity contribution in [3.8, 4) is 0 Å². The molecule has 2 aliphatic rings. The van der Waals surface area contributed by atoms with Gasteiger partial charge in [-0.1, -0.05) is 20.8 Å². The van der Waals surface area contributed by atoms with Crippen LogP contribution < -0.4 is 5.32 Å². The Morgan fingerprint density at radius 2 is 1.74 bits per heavy atom. The summed E-state index contributed by atoms with van der Waals surface area (Å²) in [5, 5.41) is 2.78. The van der Waals surface area contributed by atoms with E-state index in [1.165, 1.54) is 7.11 Å². The second-order valence-electron chi connectivity index (χ2n) is 10.2. The van der Waals surface area contributed by atoms with Crippen molar-refractivity contribution in [1.29, 1.82) is 0 Å². The molecule has 34 heavy (non-hydrogen) atoms. The van der Waals surface area contributed by atoms with E-state index in [4.69, 9.17) is 9.47 Å². The van der Waals surface area contributed by atoms with Gasteiger partial charge in [-0.15, -0.1) is 0 Å². The average molecular weight is 476 g/mol. The number of aryl methyl sites for hydroxylation is 1. The summed E-state index contributed by atoms with van der Waals surface area (Å²) in [6.07, 6.45) is 2.67. The minimum atomic E-state index is -0.974. The lowest BCUT2D eigenvalue weighted by Gasteiger charge is -2.40. The highest BCUT2D eigenvalue weighted by atomic mass is 16.5. The first kappa shape index (κ1) is 25.5. The number of Topliss-reactive ketones (excluding diaryl/α,β-unsaturated/α-hetero) is 1. The number of imide groups is 1. The largest absolute Gasteiger partial charge is 0.465 e. The lowest BCUT2D eigenvalue weighted by Crippen LogP contribution is -2.50. The number of H-pyrrole nitrogens is 1. The predicted octanol–water partition coefficient (Wildman–Crippen LogP) is 2.67. The van der Waals surface area contributed by atoms with Crippen LogP contribution in [-0.4, -0.2) is 65.3 Å². The van der Waals surface area contributed by atoms with Crippen LogP contribution in [0.1, 0.15) is 78.6 Å². The van der Waals surface area contributed by atoms with E-state index < -0.39 is 48.4 Å². The second-order valence-corrected chi connectivity index (χ2v) is 10.2. The molecule has 1 saturated carbocycles. The van der Waals surface area contributed by atoms with E-state index in [0.29, 0.717) is 30.0 Å². The van der Waals surface area contributed by atoms with E-state index in [1.807, 2.05) is 0 Å². The van der Waals surface area contributed by atoms with Crippen molar-refractivity contribution >= 4 is 29.7 Å². The van der Waals surface area contributed by atoms with Crippen LogP contribution in [0.25, 0.3) is 0 Å². The Labute approximate surface area is 198 Å². The molecule has 0 bridgehead atoms. The molecule has 2 N–H and O–H groups in total. The van der Waals surface area contributed by atoms with E-state index in [-0.39, 0.29) is 16.7 Å². The number of ketones is 1. The molecule has 0 radical (unpaired) electrons. The maximum absolute atomic E-state index is 13.0. The molecule has 1 aromatic heterocycles. The molecular formula is C24H33N3O7. The third-order valence-corrected chi connectivity index (χ3v) is 7.07. The van der Waals surface area contributed by atoms with Gasteiger partial charge >= 0.3 is 18.0 Å². The summed E-state index contributed by atoms with van der Waals surface area (Å²) in [7, 11) is 1.24. The van der Waals surface area contributed by atoms with Gasteiger partial charge in [-0.2, -0.15) is 0 Å². The molecule has 1 spiro atoms. The molecule has 1 aliphatic heterocycles. The normalized spacial score (nSPS) is 22.6. The van der Waals surface area contributed by atoms with Gasteiger partial charge in [-0.3, -0.25) is 19.3 Å². The number of nitrogens with zero attached hydrogens (tertiary/aromatic N) is 1. The lowest BCUT2D eigenvalue weighted by atomic mass is 9.67. The maximum Gasteiger partial charge on any atom is 0.339 e. The van der Waals surface area contributed by atoms with E-state index in [0.717, 1.165) is 17.7 Å². The predicted molar refractivity (Wildman–Crippen MR) is 121 cm³/mol. The third-order valence-electron chi connectivity index (χ3n) is 7.07. The summed E-state index contributed by atoms with van der Waals surface area (Å²) < 4.78 is 9.77. The van der Waals surface area contributed by atoms with Crippen molar-refractivity contribution < 1.29 is 33.4 Å². The van der Waals surface area contributed by atoms with Crippen molar-refractivity contribution in [3.63, 3.8) is 0 Å². The number of hydrogen-bond acceptors (Lipinski definition) is 7. The van der Waals surface area contributed by atoms with Crippen LogP contribution >= 0.6 is 0 Å². The quantitative estimate of drug-likeness (QED) is 0.367. The Bertz CT molecular complexity index is 1030. The zero-order valence-electron chi connectivity index (χ0n) is 20.6. The van der Waals surface area contributed by atoms with Crippen molar-refractivity contribution in [3.05, 3.63) is 22.5 Å². The molecule has 2 fully saturated rings. The van der Waals surface area contributed by atoms with Gasteiger partial charge in [0.15, 0.2) is 6.61 Å². The monoisotopic (exact) mass is 475 g/mol. The molecular weight excluding hydrogens is 442 g/mol. The molecule has 1 aliphatic carbocycles. The minimum Gasteiger partial charge on any atom is -0.465 e. The van der Waals surface area contributed by atoms with Crippen LogP contribution in [-0.2, 0) is 19.1 Å². The van der Waals surface area contributed by atoms with Crippen LogP contribution in [0.2, 0.25) is 0 Å². The standard InChI is InChI=1S/C24H33N3O7/c1-13-18(20(30)33-6)14(2)25-19(13)16(28)12-34-17(29)11-27-21(31)24(26-22(27)32)9-7-15(8-10-24)23(3,4)5/h15,25H,7-12H2,1-6H3,(H,26,32). The van der Waals surface area contributed by atoms with Gasteiger partial charge in [0.2, 0.25) is 5.78 Å². The molecule has 3 rings (SSSR count). The number of amides is 3.